The molecule has 0 spiro atoms. The summed E-state index contributed by atoms with van der Waals surface area (Å²) in [5.74, 6) is 0.0797. The molecule has 0 radical (unpaired) electrons. The fourth-order valence-corrected chi connectivity index (χ4v) is 5.07. The Balaban J connectivity index is 1.30. The Kier molecular flexibility index (Phi) is 6.17. The van der Waals surface area contributed by atoms with Crippen LogP contribution in [-0.4, -0.2) is 64.6 Å². The smallest absolute Gasteiger partial charge is 0.295 e. The van der Waals surface area contributed by atoms with Crippen LogP contribution in [0.1, 0.15) is 19.8 Å². The number of amides is 1. The lowest BCUT2D eigenvalue weighted by Gasteiger charge is -2.40. The molecule has 4 heterocycles. The van der Waals surface area contributed by atoms with Gasteiger partial charge < -0.3 is 14.7 Å². The van der Waals surface area contributed by atoms with E-state index in [-0.39, 0.29) is 23.2 Å². The van der Waals surface area contributed by atoms with Gasteiger partial charge >= 0.3 is 0 Å². The molecule has 2 aliphatic heterocycles. The summed E-state index contributed by atoms with van der Waals surface area (Å²) in [5.41, 5.74) is 1.68. The molecule has 178 valence electrons. The first-order valence-electron chi connectivity index (χ1n) is 12.0. The van der Waals surface area contributed by atoms with Gasteiger partial charge in [-0.25, -0.2) is 14.4 Å². The number of carbonyl (C=O) groups is 1. The minimum Gasteiger partial charge on any atom is -0.366 e. The minimum absolute atomic E-state index is 0.108. The number of fused-ring (bicyclic) bond motifs is 1. The highest BCUT2D eigenvalue weighted by Gasteiger charge is 2.33. The molecule has 2 aliphatic rings. The lowest BCUT2D eigenvalue weighted by molar-refractivity contribution is -0.136. The van der Waals surface area contributed by atoms with Crippen LogP contribution in [-0.2, 0) is 11.3 Å². The summed E-state index contributed by atoms with van der Waals surface area (Å²) in [4.78, 5) is 41.3. The number of anilines is 2. The first-order chi connectivity index (χ1) is 16.6. The molecule has 1 atom stereocenters. The van der Waals surface area contributed by atoms with E-state index < -0.39 is 0 Å². The van der Waals surface area contributed by atoms with Gasteiger partial charge in [-0.1, -0.05) is 12.1 Å². The predicted molar refractivity (Wildman–Crippen MR) is 130 cm³/mol. The van der Waals surface area contributed by atoms with Gasteiger partial charge in [-0.2, -0.15) is 0 Å². The first-order valence-corrected chi connectivity index (χ1v) is 12.0. The molecule has 2 saturated heterocycles. The molecule has 0 N–H and O–H groups in total. The van der Waals surface area contributed by atoms with Gasteiger partial charge in [0.05, 0.1) is 11.6 Å². The summed E-state index contributed by atoms with van der Waals surface area (Å²) in [7, 11) is 0. The van der Waals surface area contributed by atoms with Crippen molar-refractivity contribution in [3.8, 4) is 0 Å². The molecule has 0 aliphatic carbocycles. The van der Waals surface area contributed by atoms with Gasteiger partial charge in [0, 0.05) is 52.0 Å². The van der Waals surface area contributed by atoms with E-state index in [1.807, 2.05) is 39.8 Å². The first kappa shape index (κ1) is 22.3. The van der Waals surface area contributed by atoms with Crippen LogP contribution in [0.3, 0.4) is 0 Å². The van der Waals surface area contributed by atoms with E-state index in [4.69, 9.17) is 0 Å². The fraction of sp³-hybridized carbons (Fsp3) is 0.440. The van der Waals surface area contributed by atoms with Gasteiger partial charge in [0.1, 0.15) is 11.3 Å². The Labute approximate surface area is 197 Å². The van der Waals surface area contributed by atoms with Crippen LogP contribution in [0.5, 0.6) is 0 Å². The maximum Gasteiger partial charge on any atom is 0.295 e. The van der Waals surface area contributed by atoms with E-state index in [0.29, 0.717) is 68.5 Å². The van der Waals surface area contributed by atoms with E-state index in [0.717, 1.165) is 12.8 Å². The molecule has 34 heavy (non-hydrogen) atoms. The van der Waals surface area contributed by atoms with Crippen molar-refractivity contribution >= 4 is 28.6 Å². The molecule has 0 saturated carbocycles. The molecule has 2 fully saturated rings. The van der Waals surface area contributed by atoms with Crippen molar-refractivity contribution in [1.82, 2.24) is 19.4 Å². The van der Waals surface area contributed by atoms with Crippen molar-refractivity contribution in [2.75, 3.05) is 49.1 Å². The number of benzene rings is 1. The van der Waals surface area contributed by atoms with Crippen LogP contribution >= 0.6 is 0 Å². The SMILES string of the molecule is CCn1c(=O)c(N2CCC[C@@H](C(=O)N3CCN(c4ccccc4F)CC3)C2)nc2cccnc21. The van der Waals surface area contributed by atoms with Crippen molar-refractivity contribution in [2.24, 2.45) is 5.92 Å². The molecular weight excluding hydrogens is 435 g/mol. The number of para-hydroxylation sites is 1. The highest BCUT2D eigenvalue weighted by atomic mass is 19.1. The summed E-state index contributed by atoms with van der Waals surface area (Å²) in [6.07, 6.45) is 3.28. The molecule has 0 unspecified atom stereocenters. The Bertz CT molecular complexity index is 1250. The van der Waals surface area contributed by atoms with Gasteiger partial charge in [-0.05, 0) is 44.0 Å². The molecule has 2 aromatic heterocycles. The van der Waals surface area contributed by atoms with Gasteiger partial charge in [0.2, 0.25) is 5.91 Å². The van der Waals surface area contributed by atoms with E-state index in [2.05, 4.69) is 9.97 Å². The van der Waals surface area contributed by atoms with E-state index >= 15 is 0 Å². The topological polar surface area (TPSA) is 74.6 Å². The lowest BCUT2D eigenvalue weighted by atomic mass is 9.96. The summed E-state index contributed by atoms with van der Waals surface area (Å²) in [6.45, 7) is 5.92. The molecule has 9 heteroatoms. The molecule has 1 amide bonds. The number of rotatable bonds is 4. The molecule has 0 bridgehead atoms. The summed E-state index contributed by atoms with van der Waals surface area (Å²) >= 11 is 0. The van der Waals surface area contributed by atoms with Crippen LogP contribution in [0.2, 0.25) is 0 Å². The second-order valence-corrected chi connectivity index (χ2v) is 8.88. The molecule has 8 nitrogen and oxygen atoms in total. The zero-order valence-corrected chi connectivity index (χ0v) is 19.4. The molecular formula is C25H29FN6O2. The highest BCUT2D eigenvalue weighted by Crippen LogP contribution is 2.25. The summed E-state index contributed by atoms with van der Waals surface area (Å²) in [6, 6.07) is 10.4. The number of carbonyl (C=O) groups excluding carboxylic acids is 1. The summed E-state index contributed by atoms with van der Waals surface area (Å²) in [5, 5.41) is 0. The number of nitrogens with zero attached hydrogens (tertiary/aromatic N) is 6. The van der Waals surface area contributed by atoms with Crippen LogP contribution in [0.4, 0.5) is 15.9 Å². The van der Waals surface area contributed by atoms with Crippen LogP contribution in [0.25, 0.3) is 11.2 Å². The Morgan fingerprint density at radius 2 is 1.85 bits per heavy atom. The van der Waals surface area contributed by atoms with E-state index in [9.17, 15) is 14.0 Å². The number of aryl methyl sites for hydroxylation is 1. The van der Waals surface area contributed by atoms with Gasteiger partial charge in [-0.3, -0.25) is 14.2 Å². The lowest BCUT2D eigenvalue weighted by Crippen LogP contribution is -2.53. The molecule has 1 aromatic carbocycles. The van der Waals surface area contributed by atoms with Crippen molar-refractivity contribution in [2.45, 2.75) is 26.3 Å². The Morgan fingerprint density at radius 1 is 1.06 bits per heavy atom. The minimum atomic E-state index is -0.235. The third-order valence-corrected chi connectivity index (χ3v) is 6.86. The fourth-order valence-electron chi connectivity index (χ4n) is 5.07. The highest BCUT2D eigenvalue weighted by molar-refractivity contribution is 5.80. The van der Waals surface area contributed by atoms with Gasteiger partial charge in [0.15, 0.2) is 11.5 Å². The summed E-state index contributed by atoms with van der Waals surface area (Å²) < 4.78 is 15.8. The van der Waals surface area contributed by atoms with Crippen LogP contribution < -0.4 is 15.4 Å². The number of hydrogen-bond donors (Lipinski definition) is 0. The Hall–Kier alpha value is -3.49. The van der Waals surface area contributed by atoms with E-state index in [1.165, 1.54) is 6.07 Å². The van der Waals surface area contributed by atoms with Crippen molar-refractivity contribution in [3.63, 3.8) is 0 Å². The zero-order valence-electron chi connectivity index (χ0n) is 19.4. The number of hydrogen-bond acceptors (Lipinski definition) is 6. The predicted octanol–water partition coefficient (Wildman–Crippen LogP) is 2.52. The molecule has 3 aromatic rings. The average molecular weight is 465 g/mol. The van der Waals surface area contributed by atoms with Crippen molar-refractivity contribution in [3.05, 3.63) is 58.8 Å². The molecule has 5 rings (SSSR count). The monoisotopic (exact) mass is 464 g/mol. The van der Waals surface area contributed by atoms with Crippen LogP contribution in [0, 0.1) is 11.7 Å². The maximum absolute atomic E-state index is 14.1. The second kappa shape index (κ2) is 9.40. The van der Waals surface area contributed by atoms with Crippen LogP contribution in [0.15, 0.2) is 47.4 Å². The third kappa shape index (κ3) is 4.10. The maximum atomic E-state index is 14.1. The van der Waals surface area contributed by atoms with Gasteiger partial charge in [-0.15, -0.1) is 0 Å². The number of aromatic nitrogens is 3. The van der Waals surface area contributed by atoms with Crippen molar-refractivity contribution in [1.29, 1.82) is 0 Å². The second-order valence-electron chi connectivity index (χ2n) is 8.88. The van der Waals surface area contributed by atoms with Crippen molar-refractivity contribution < 1.29 is 9.18 Å². The van der Waals surface area contributed by atoms with Gasteiger partial charge in [0.25, 0.3) is 5.56 Å². The standard InChI is InChI=1S/C25H29FN6O2/c1-2-32-22-20(9-5-11-27-22)28-23(25(32)34)31-12-6-7-18(17-31)24(33)30-15-13-29(14-16-30)21-10-4-3-8-19(21)26/h3-5,8-11,18H,2,6-7,12-17H2,1H3/t18-/m1/s1. The quantitative estimate of drug-likeness (QED) is 0.591. The number of halogens is 1. The third-order valence-electron chi connectivity index (χ3n) is 6.86. The normalized spacial score (nSPS) is 19.0. The average Bonchev–Trinajstić information content (AvgIpc) is 2.88. The Morgan fingerprint density at radius 3 is 2.62 bits per heavy atom. The number of piperidine rings is 1. The number of pyridine rings is 1. The largest absolute Gasteiger partial charge is 0.366 e. The van der Waals surface area contributed by atoms with E-state index in [1.54, 1.807) is 22.9 Å². The zero-order chi connectivity index (χ0) is 23.7. The number of piperazine rings is 1.